The van der Waals surface area contributed by atoms with Crippen LogP contribution in [0.15, 0.2) is 12.3 Å². The van der Waals surface area contributed by atoms with Crippen molar-refractivity contribution in [1.82, 2.24) is 20.4 Å². The minimum Gasteiger partial charge on any atom is -0.368 e. The lowest BCUT2D eigenvalue weighted by atomic mass is 10.1. The normalized spacial score (nSPS) is 12.4. The summed E-state index contributed by atoms with van der Waals surface area (Å²) in [6.07, 6.45) is 1.56. The molecule has 9 heteroatoms. The van der Waals surface area contributed by atoms with Gasteiger partial charge in [-0.25, -0.2) is 4.79 Å². The van der Waals surface area contributed by atoms with Gasteiger partial charge in [0.1, 0.15) is 18.4 Å². The van der Waals surface area contributed by atoms with E-state index in [0.29, 0.717) is 5.82 Å². The lowest BCUT2D eigenvalue weighted by molar-refractivity contribution is -0.120. The highest BCUT2D eigenvalue weighted by Gasteiger charge is 2.19. The molecule has 1 rings (SSSR count). The fourth-order valence-corrected chi connectivity index (χ4v) is 1.57. The molecule has 1 atom stereocenters. The van der Waals surface area contributed by atoms with Crippen molar-refractivity contribution in [1.29, 1.82) is 0 Å². The molecule has 1 aromatic heterocycles. The molecule has 1 aromatic rings. The van der Waals surface area contributed by atoms with Crippen LogP contribution < -0.4 is 21.7 Å². The minimum atomic E-state index is -0.678. The van der Waals surface area contributed by atoms with Crippen LogP contribution in [0.25, 0.3) is 0 Å². The van der Waals surface area contributed by atoms with E-state index in [1.165, 1.54) is 4.68 Å². The summed E-state index contributed by atoms with van der Waals surface area (Å²) in [6.45, 7) is 6.97. The van der Waals surface area contributed by atoms with Gasteiger partial charge in [0.15, 0.2) is 0 Å². The van der Waals surface area contributed by atoms with Crippen molar-refractivity contribution >= 4 is 23.7 Å². The highest BCUT2D eigenvalue weighted by Crippen LogP contribution is 2.04. The Morgan fingerprint density at radius 3 is 2.55 bits per heavy atom. The summed E-state index contributed by atoms with van der Waals surface area (Å²) in [4.78, 5) is 34.3. The third-order valence-corrected chi connectivity index (χ3v) is 2.44. The van der Waals surface area contributed by atoms with Crippen molar-refractivity contribution in [3.05, 3.63) is 12.3 Å². The second-order valence-corrected chi connectivity index (χ2v) is 5.92. The van der Waals surface area contributed by atoms with E-state index in [9.17, 15) is 14.4 Å². The van der Waals surface area contributed by atoms with E-state index in [1.54, 1.807) is 19.2 Å². The van der Waals surface area contributed by atoms with Crippen molar-refractivity contribution in [3.63, 3.8) is 0 Å². The number of anilines is 1. The Labute approximate surface area is 128 Å². The van der Waals surface area contributed by atoms with E-state index in [2.05, 4.69) is 21.0 Å². The van der Waals surface area contributed by atoms with Gasteiger partial charge in [-0.05, 0) is 27.7 Å². The van der Waals surface area contributed by atoms with Crippen LogP contribution in [0.4, 0.5) is 10.6 Å². The Morgan fingerprint density at radius 2 is 2.00 bits per heavy atom. The zero-order valence-corrected chi connectivity index (χ0v) is 13.1. The number of carbonyl (C=O) groups is 3. The second-order valence-electron chi connectivity index (χ2n) is 5.92. The maximum Gasteiger partial charge on any atom is 0.321 e. The van der Waals surface area contributed by atoms with Crippen molar-refractivity contribution in [2.24, 2.45) is 5.73 Å². The number of nitrogens with one attached hydrogen (secondary N) is 3. The first-order valence-electron chi connectivity index (χ1n) is 6.78. The molecule has 1 heterocycles. The number of nitrogens with zero attached hydrogens (tertiary/aromatic N) is 2. The van der Waals surface area contributed by atoms with Gasteiger partial charge in [-0.1, -0.05) is 0 Å². The van der Waals surface area contributed by atoms with Crippen LogP contribution in [0, 0.1) is 0 Å². The van der Waals surface area contributed by atoms with E-state index in [0.717, 1.165) is 0 Å². The van der Waals surface area contributed by atoms with Crippen LogP contribution >= 0.6 is 0 Å². The smallest absolute Gasteiger partial charge is 0.321 e. The van der Waals surface area contributed by atoms with E-state index in [4.69, 9.17) is 5.73 Å². The molecule has 0 bridgehead atoms. The summed E-state index contributed by atoms with van der Waals surface area (Å²) in [5.41, 5.74) is 4.62. The van der Waals surface area contributed by atoms with Crippen LogP contribution in [0.3, 0.4) is 0 Å². The standard InChI is InChI=1S/C13H22N6O3/c1-8(11(21)16-12(22)17-13(2,3)4)15-10-5-6-19(18-10)7-9(14)20/h5-6,8H,7H2,1-4H3,(H2,14,20)(H,15,18)(H2,16,17,21,22)/t8-/m1/s1. The van der Waals surface area contributed by atoms with Crippen molar-refractivity contribution < 1.29 is 14.4 Å². The number of carbonyl (C=O) groups excluding carboxylic acids is 3. The molecule has 0 fully saturated rings. The number of aromatic nitrogens is 2. The second kappa shape index (κ2) is 6.92. The lowest BCUT2D eigenvalue weighted by Crippen LogP contribution is -2.51. The first kappa shape index (κ1) is 17.5. The van der Waals surface area contributed by atoms with Crippen LogP contribution in [0.1, 0.15) is 27.7 Å². The molecule has 0 spiro atoms. The Hall–Kier alpha value is -2.58. The summed E-state index contributed by atoms with van der Waals surface area (Å²) < 4.78 is 1.35. The Morgan fingerprint density at radius 1 is 1.36 bits per heavy atom. The summed E-state index contributed by atoms with van der Waals surface area (Å²) in [6, 6.07) is 0.357. The average Bonchev–Trinajstić information content (AvgIpc) is 2.72. The van der Waals surface area contributed by atoms with E-state index < -0.39 is 29.4 Å². The molecule has 22 heavy (non-hydrogen) atoms. The summed E-state index contributed by atoms with van der Waals surface area (Å²) in [7, 11) is 0. The summed E-state index contributed by atoms with van der Waals surface area (Å²) in [5, 5.41) is 11.7. The maximum absolute atomic E-state index is 11.9. The number of hydrogen-bond acceptors (Lipinski definition) is 5. The van der Waals surface area contributed by atoms with Crippen LogP contribution in [-0.4, -0.2) is 39.2 Å². The van der Waals surface area contributed by atoms with E-state index in [1.807, 2.05) is 20.8 Å². The third kappa shape index (κ3) is 6.25. The minimum absolute atomic E-state index is 0.0454. The Kier molecular flexibility index (Phi) is 5.50. The number of rotatable bonds is 5. The van der Waals surface area contributed by atoms with Crippen LogP contribution in [0.5, 0.6) is 0 Å². The highest BCUT2D eigenvalue weighted by molar-refractivity contribution is 5.98. The third-order valence-electron chi connectivity index (χ3n) is 2.44. The van der Waals surface area contributed by atoms with Gasteiger partial charge in [0.05, 0.1) is 0 Å². The summed E-state index contributed by atoms with van der Waals surface area (Å²) >= 11 is 0. The van der Waals surface area contributed by atoms with Gasteiger partial charge in [-0.3, -0.25) is 19.6 Å². The van der Waals surface area contributed by atoms with Gasteiger partial charge in [-0.2, -0.15) is 5.10 Å². The largest absolute Gasteiger partial charge is 0.368 e. The van der Waals surface area contributed by atoms with Crippen molar-refractivity contribution in [2.45, 2.75) is 45.8 Å². The molecular weight excluding hydrogens is 288 g/mol. The quantitative estimate of drug-likeness (QED) is 0.598. The van der Waals surface area contributed by atoms with Gasteiger partial charge >= 0.3 is 6.03 Å². The molecule has 122 valence electrons. The number of nitrogens with two attached hydrogens (primary N) is 1. The fraction of sp³-hybridized carbons (Fsp3) is 0.538. The monoisotopic (exact) mass is 310 g/mol. The molecule has 0 aliphatic heterocycles. The first-order chi connectivity index (χ1) is 10.1. The fourth-order valence-electron chi connectivity index (χ4n) is 1.57. The molecule has 4 amide bonds. The predicted molar refractivity (Wildman–Crippen MR) is 80.9 cm³/mol. The van der Waals surface area contributed by atoms with E-state index >= 15 is 0 Å². The van der Waals surface area contributed by atoms with Gasteiger partial charge in [0, 0.05) is 17.8 Å². The Bertz CT molecular complexity index is 560. The first-order valence-corrected chi connectivity index (χ1v) is 6.78. The van der Waals surface area contributed by atoms with Gasteiger partial charge in [-0.15, -0.1) is 0 Å². The molecule has 5 N–H and O–H groups in total. The molecular formula is C13H22N6O3. The number of urea groups is 1. The summed E-state index contributed by atoms with van der Waals surface area (Å²) in [5.74, 6) is -0.606. The van der Waals surface area contributed by atoms with Gasteiger partial charge in [0.2, 0.25) is 11.8 Å². The average molecular weight is 310 g/mol. The number of amides is 4. The molecule has 0 saturated heterocycles. The molecule has 0 aromatic carbocycles. The van der Waals surface area contributed by atoms with Crippen LogP contribution in [0.2, 0.25) is 0 Å². The topological polar surface area (TPSA) is 131 Å². The van der Waals surface area contributed by atoms with Crippen LogP contribution in [-0.2, 0) is 16.1 Å². The number of primary amides is 1. The number of hydrogen-bond donors (Lipinski definition) is 4. The Balaban J connectivity index is 2.52. The molecule has 0 aliphatic rings. The number of imide groups is 1. The van der Waals surface area contributed by atoms with Gasteiger partial charge in [0.25, 0.3) is 0 Å². The molecule has 0 radical (unpaired) electrons. The zero-order chi connectivity index (χ0) is 16.9. The molecule has 0 saturated carbocycles. The predicted octanol–water partition coefficient (Wildman–Crippen LogP) is -0.207. The highest BCUT2D eigenvalue weighted by atomic mass is 16.2. The molecule has 0 unspecified atom stereocenters. The lowest BCUT2D eigenvalue weighted by Gasteiger charge is -2.21. The zero-order valence-electron chi connectivity index (χ0n) is 13.1. The van der Waals surface area contributed by atoms with Crippen molar-refractivity contribution in [2.75, 3.05) is 5.32 Å². The maximum atomic E-state index is 11.9. The molecule has 9 nitrogen and oxygen atoms in total. The van der Waals surface area contributed by atoms with Crippen molar-refractivity contribution in [3.8, 4) is 0 Å². The van der Waals surface area contributed by atoms with E-state index in [-0.39, 0.29) is 6.54 Å². The SMILES string of the molecule is C[C@@H](Nc1ccn(CC(N)=O)n1)C(=O)NC(=O)NC(C)(C)C. The molecule has 0 aliphatic carbocycles. The van der Waals surface area contributed by atoms with Gasteiger partial charge < -0.3 is 16.4 Å².